The van der Waals surface area contributed by atoms with Crippen molar-refractivity contribution in [3.63, 3.8) is 0 Å². The first-order valence-electron chi connectivity index (χ1n) is 6.88. The molecular formula is C16H20ClNO. The Hall–Kier alpha value is -1.17. The first-order valence-corrected chi connectivity index (χ1v) is 7.42. The molecule has 0 saturated carbocycles. The van der Waals surface area contributed by atoms with Gasteiger partial charge >= 0.3 is 0 Å². The summed E-state index contributed by atoms with van der Waals surface area (Å²) in [4.78, 5) is 2.45. The van der Waals surface area contributed by atoms with E-state index >= 15 is 0 Å². The lowest BCUT2D eigenvalue weighted by Crippen LogP contribution is -2.25. The van der Waals surface area contributed by atoms with Gasteiger partial charge in [0.15, 0.2) is 0 Å². The molecule has 0 aliphatic carbocycles. The number of hydrogen-bond acceptors (Lipinski definition) is 2. The monoisotopic (exact) mass is 277 g/mol. The molecular weight excluding hydrogens is 258 g/mol. The molecule has 0 aromatic heterocycles. The average Bonchev–Trinajstić information content (AvgIpc) is 2.93. The molecule has 2 rings (SSSR count). The van der Waals surface area contributed by atoms with E-state index in [0.29, 0.717) is 5.88 Å². The highest BCUT2D eigenvalue weighted by Crippen LogP contribution is 2.13. The minimum Gasteiger partial charge on any atom is -0.492 e. The largest absolute Gasteiger partial charge is 0.492 e. The van der Waals surface area contributed by atoms with Gasteiger partial charge in [0.2, 0.25) is 0 Å². The highest BCUT2D eigenvalue weighted by molar-refractivity contribution is 6.18. The summed E-state index contributed by atoms with van der Waals surface area (Å²) in [5, 5.41) is 0. The van der Waals surface area contributed by atoms with Crippen LogP contribution in [0.15, 0.2) is 24.3 Å². The molecule has 1 aromatic rings. The molecule has 1 aliphatic heterocycles. The van der Waals surface area contributed by atoms with Gasteiger partial charge in [0.1, 0.15) is 12.4 Å². The van der Waals surface area contributed by atoms with E-state index < -0.39 is 0 Å². The van der Waals surface area contributed by atoms with Gasteiger partial charge in [-0.15, -0.1) is 11.6 Å². The number of nitrogens with zero attached hydrogens (tertiary/aromatic N) is 1. The molecule has 1 aliphatic rings. The van der Waals surface area contributed by atoms with E-state index in [1.165, 1.54) is 25.9 Å². The van der Waals surface area contributed by atoms with Gasteiger partial charge < -0.3 is 4.74 Å². The summed E-state index contributed by atoms with van der Waals surface area (Å²) in [6.45, 7) is 4.20. The lowest BCUT2D eigenvalue weighted by atomic mass is 10.2. The Balaban J connectivity index is 1.79. The van der Waals surface area contributed by atoms with E-state index in [-0.39, 0.29) is 0 Å². The summed E-state index contributed by atoms with van der Waals surface area (Å²) in [7, 11) is 0. The number of likely N-dealkylation sites (tertiary alicyclic amines) is 1. The van der Waals surface area contributed by atoms with Crippen LogP contribution in [-0.4, -0.2) is 37.0 Å². The fourth-order valence-corrected chi connectivity index (χ4v) is 2.27. The zero-order valence-corrected chi connectivity index (χ0v) is 12.0. The predicted octanol–water partition coefficient (Wildman–Crippen LogP) is 3.14. The Morgan fingerprint density at radius 3 is 2.89 bits per heavy atom. The molecule has 0 bridgehead atoms. The van der Waals surface area contributed by atoms with Crippen LogP contribution in [0.4, 0.5) is 0 Å². The Labute approximate surface area is 120 Å². The van der Waals surface area contributed by atoms with Crippen LogP contribution in [0.1, 0.15) is 24.8 Å². The number of halogens is 1. The quantitative estimate of drug-likeness (QED) is 0.606. The summed E-state index contributed by atoms with van der Waals surface area (Å²) in [5.74, 6) is 7.61. The molecule has 0 atom stereocenters. The summed E-state index contributed by atoms with van der Waals surface area (Å²) in [6.07, 6.45) is 3.37. The number of benzene rings is 1. The molecule has 0 radical (unpaired) electrons. The molecule has 0 unspecified atom stereocenters. The molecule has 2 nitrogen and oxygen atoms in total. The van der Waals surface area contributed by atoms with Crippen molar-refractivity contribution >= 4 is 11.6 Å². The van der Waals surface area contributed by atoms with Crippen LogP contribution in [0.25, 0.3) is 0 Å². The van der Waals surface area contributed by atoms with E-state index in [9.17, 15) is 0 Å². The van der Waals surface area contributed by atoms with Crippen molar-refractivity contribution in [2.24, 2.45) is 0 Å². The standard InChI is InChI=1S/C16H20ClNO/c17-9-2-1-6-15-7-5-8-16(14-15)19-13-12-18-10-3-4-11-18/h5,7-8,14H,2-4,9-13H2. The molecule has 19 heavy (non-hydrogen) atoms. The van der Waals surface area contributed by atoms with Crippen molar-refractivity contribution in [3.05, 3.63) is 29.8 Å². The zero-order valence-electron chi connectivity index (χ0n) is 11.2. The molecule has 1 fully saturated rings. The third kappa shape index (κ3) is 5.14. The van der Waals surface area contributed by atoms with E-state index in [1.54, 1.807) is 0 Å². The second-order valence-electron chi connectivity index (χ2n) is 4.67. The highest BCUT2D eigenvalue weighted by atomic mass is 35.5. The highest BCUT2D eigenvalue weighted by Gasteiger charge is 2.10. The summed E-state index contributed by atoms with van der Waals surface area (Å²) in [5.41, 5.74) is 0.990. The predicted molar refractivity (Wildman–Crippen MR) is 79.8 cm³/mol. The summed E-state index contributed by atoms with van der Waals surface area (Å²) in [6, 6.07) is 7.95. The maximum atomic E-state index is 5.78. The minimum atomic E-state index is 0.582. The van der Waals surface area contributed by atoms with E-state index in [4.69, 9.17) is 16.3 Å². The molecule has 0 spiro atoms. The van der Waals surface area contributed by atoms with Crippen molar-refractivity contribution in [1.82, 2.24) is 4.90 Å². The van der Waals surface area contributed by atoms with E-state index in [0.717, 1.165) is 30.9 Å². The molecule has 1 heterocycles. The van der Waals surface area contributed by atoms with Gasteiger partial charge in [0, 0.05) is 24.4 Å². The number of hydrogen-bond donors (Lipinski definition) is 0. The smallest absolute Gasteiger partial charge is 0.120 e. The summed E-state index contributed by atoms with van der Waals surface area (Å²) < 4.78 is 5.78. The van der Waals surface area contributed by atoms with Crippen molar-refractivity contribution in [2.45, 2.75) is 19.3 Å². The first-order chi connectivity index (χ1) is 9.38. The van der Waals surface area contributed by atoms with Crippen LogP contribution < -0.4 is 4.74 Å². The van der Waals surface area contributed by atoms with Gasteiger partial charge in [-0.3, -0.25) is 4.90 Å². The van der Waals surface area contributed by atoms with Crippen LogP contribution in [0.2, 0.25) is 0 Å². The van der Waals surface area contributed by atoms with E-state index in [2.05, 4.69) is 16.7 Å². The van der Waals surface area contributed by atoms with Crippen LogP contribution in [0.5, 0.6) is 5.75 Å². The number of ether oxygens (including phenoxy) is 1. The summed E-state index contributed by atoms with van der Waals surface area (Å²) >= 11 is 5.60. The maximum absolute atomic E-state index is 5.78. The van der Waals surface area contributed by atoms with Crippen molar-refractivity contribution < 1.29 is 4.74 Å². The third-order valence-corrected chi connectivity index (χ3v) is 3.35. The minimum absolute atomic E-state index is 0.582. The van der Waals surface area contributed by atoms with Crippen LogP contribution >= 0.6 is 11.6 Å². The number of rotatable bonds is 5. The molecule has 1 saturated heterocycles. The SMILES string of the molecule is ClCCC#Cc1cccc(OCCN2CCCC2)c1. The lowest BCUT2D eigenvalue weighted by Gasteiger charge is -2.14. The average molecular weight is 278 g/mol. The van der Waals surface area contributed by atoms with Gasteiger partial charge in [-0.05, 0) is 44.1 Å². The fraction of sp³-hybridized carbons (Fsp3) is 0.500. The fourth-order valence-electron chi connectivity index (χ4n) is 2.17. The Kier molecular flexibility index (Phi) is 6.07. The topological polar surface area (TPSA) is 12.5 Å². The van der Waals surface area contributed by atoms with Crippen LogP contribution in [0.3, 0.4) is 0 Å². The Morgan fingerprint density at radius 2 is 2.11 bits per heavy atom. The van der Waals surface area contributed by atoms with Gasteiger partial charge in [-0.2, -0.15) is 0 Å². The van der Waals surface area contributed by atoms with Gasteiger partial charge in [0.05, 0.1) is 0 Å². The van der Waals surface area contributed by atoms with Crippen LogP contribution in [-0.2, 0) is 0 Å². The maximum Gasteiger partial charge on any atom is 0.120 e. The van der Waals surface area contributed by atoms with Crippen LogP contribution in [0, 0.1) is 11.8 Å². The molecule has 0 amide bonds. The second-order valence-corrected chi connectivity index (χ2v) is 5.04. The first kappa shape index (κ1) is 14.2. The van der Waals surface area contributed by atoms with Gasteiger partial charge in [-0.25, -0.2) is 0 Å². The van der Waals surface area contributed by atoms with Crippen molar-refractivity contribution in [3.8, 4) is 17.6 Å². The normalized spacial score (nSPS) is 15.0. The molecule has 1 aromatic carbocycles. The Morgan fingerprint density at radius 1 is 1.26 bits per heavy atom. The molecule has 0 N–H and O–H groups in total. The van der Waals surface area contributed by atoms with Gasteiger partial charge in [-0.1, -0.05) is 17.9 Å². The zero-order chi connectivity index (χ0) is 13.3. The number of alkyl halides is 1. The third-order valence-electron chi connectivity index (χ3n) is 3.16. The molecule has 3 heteroatoms. The van der Waals surface area contributed by atoms with Crippen molar-refractivity contribution in [2.75, 3.05) is 32.1 Å². The molecule has 102 valence electrons. The Bertz CT molecular complexity index is 444. The second kappa shape index (κ2) is 8.09. The van der Waals surface area contributed by atoms with Gasteiger partial charge in [0.25, 0.3) is 0 Å². The van der Waals surface area contributed by atoms with Crippen molar-refractivity contribution in [1.29, 1.82) is 0 Å². The lowest BCUT2D eigenvalue weighted by molar-refractivity contribution is 0.238. The van der Waals surface area contributed by atoms with E-state index in [1.807, 2.05) is 24.3 Å².